The van der Waals surface area contributed by atoms with Gasteiger partial charge in [0.1, 0.15) is 0 Å². The zero-order chi connectivity index (χ0) is 27.9. The molecule has 3 heterocycles. The van der Waals surface area contributed by atoms with Crippen LogP contribution in [-0.4, -0.2) is 40.7 Å². The topological polar surface area (TPSA) is 123 Å². The van der Waals surface area contributed by atoms with Crippen molar-refractivity contribution in [2.75, 3.05) is 12.4 Å². The summed E-state index contributed by atoms with van der Waals surface area (Å²) in [5.74, 6) is -1.88. The number of nitrogens with one attached hydrogen (secondary N) is 1. The molecule has 0 saturated heterocycles. The first kappa shape index (κ1) is 25.8. The van der Waals surface area contributed by atoms with Gasteiger partial charge in [-0.15, -0.1) is 0 Å². The van der Waals surface area contributed by atoms with Crippen LogP contribution in [0.15, 0.2) is 78.1 Å². The van der Waals surface area contributed by atoms with E-state index < -0.39 is 27.9 Å². The predicted molar refractivity (Wildman–Crippen MR) is 140 cm³/mol. The van der Waals surface area contributed by atoms with Gasteiger partial charge in [-0.3, -0.25) is 5.32 Å². The monoisotopic (exact) mass is 550 g/mol. The maximum atomic E-state index is 14.6. The zero-order valence-corrected chi connectivity index (χ0v) is 21.3. The van der Waals surface area contributed by atoms with Crippen LogP contribution in [0, 0.1) is 18.7 Å². The Morgan fingerprint density at radius 2 is 1.74 bits per heavy atom. The van der Waals surface area contributed by atoms with Crippen LogP contribution in [0.4, 0.5) is 19.3 Å². The first-order valence-corrected chi connectivity index (χ1v) is 12.9. The minimum absolute atomic E-state index is 0.0380. The lowest BCUT2D eigenvalue weighted by Gasteiger charge is -2.12. The van der Waals surface area contributed by atoms with Gasteiger partial charge < -0.3 is 9.84 Å². The number of hydrogen-bond acceptors (Lipinski definition) is 6. The number of rotatable bonds is 6. The van der Waals surface area contributed by atoms with Gasteiger partial charge in [0.2, 0.25) is 5.95 Å². The molecule has 0 aliphatic rings. The standard InChI is InChI=1S/C27H20F2N4O5S/c1-15-3-5-19(6-4-15)39(36,37)33-14-21(16-7-8-30-24(28)12-16)20-9-18(13-31-26(20)33)17-10-22(32-27(34)35)25(29)23(11-17)38-2/h3-14,32H,1-2H3,(H,34,35). The second-order valence-electron chi connectivity index (χ2n) is 8.59. The van der Waals surface area contributed by atoms with Crippen molar-refractivity contribution in [1.29, 1.82) is 0 Å². The highest BCUT2D eigenvalue weighted by Gasteiger charge is 2.24. The molecule has 3 aromatic heterocycles. The summed E-state index contributed by atoms with van der Waals surface area (Å²) in [7, 11) is -2.86. The van der Waals surface area contributed by atoms with Gasteiger partial charge in [0.05, 0.1) is 17.7 Å². The lowest BCUT2D eigenvalue weighted by atomic mass is 10.0. The van der Waals surface area contributed by atoms with Crippen molar-refractivity contribution in [3.05, 3.63) is 90.5 Å². The van der Waals surface area contributed by atoms with Crippen molar-refractivity contribution >= 4 is 32.8 Å². The smallest absolute Gasteiger partial charge is 0.409 e. The number of hydrogen-bond donors (Lipinski definition) is 2. The predicted octanol–water partition coefficient (Wildman–Crippen LogP) is 5.69. The molecule has 5 rings (SSSR count). The maximum Gasteiger partial charge on any atom is 0.409 e. The molecule has 2 N–H and O–H groups in total. The van der Waals surface area contributed by atoms with Crippen LogP contribution in [0.1, 0.15) is 5.56 Å². The van der Waals surface area contributed by atoms with Crippen molar-refractivity contribution in [2.45, 2.75) is 11.8 Å². The zero-order valence-electron chi connectivity index (χ0n) is 20.5. The number of amides is 1. The van der Waals surface area contributed by atoms with Crippen LogP contribution in [-0.2, 0) is 10.0 Å². The lowest BCUT2D eigenvalue weighted by Crippen LogP contribution is -2.12. The van der Waals surface area contributed by atoms with E-state index >= 15 is 0 Å². The highest BCUT2D eigenvalue weighted by Crippen LogP contribution is 2.37. The molecule has 12 heteroatoms. The number of ether oxygens (including phenoxy) is 1. The summed E-state index contributed by atoms with van der Waals surface area (Å²) in [4.78, 5) is 19.2. The number of carboxylic acid groups (broad SMARTS) is 1. The number of aromatic nitrogens is 3. The van der Waals surface area contributed by atoms with E-state index in [-0.39, 0.29) is 22.0 Å². The van der Waals surface area contributed by atoms with Crippen LogP contribution in [0.5, 0.6) is 5.75 Å². The van der Waals surface area contributed by atoms with E-state index in [0.29, 0.717) is 27.6 Å². The van der Waals surface area contributed by atoms with Gasteiger partial charge >= 0.3 is 6.09 Å². The van der Waals surface area contributed by atoms with E-state index in [1.54, 1.807) is 18.2 Å². The molecule has 0 aliphatic carbocycles. The summed E-state index contributed by atoms with van der Waals surface area (Å²) in [5.41, 5.74) is 2.07. The summed E-state index contributed by atoms with van der Waals surface area (Å²) < 4.78 is 62.0. The fourth-order valence-corrected chi connectivity index (χ4v) is 5.49. The van der Waals surface area contributed by atoms with Gasteiger partial charge in [0.25, 0.3) is 10.0 Å². The normalized spacial score (nSPS) is 11.5. The van der Waals surface area contributed by atoms with E-state index in [9.17, 15) is 22.0 Å². The number of anilines is 1. The third-order valence-electron chi connectivity index (χ3n) is 6.06. The van der Waals surface area contributed by atoms with Crippen molar-refractivity contribution in [2.24, 2.45) is 0 Å². The molecule has 0 atom stereocenters. The summed E-state index contributed by atoms with van der Waals surface area (Å²) in [6.07, 6.45) is 2.52. The number of benzene rings is 2. The summed E-state index contributed by atoms with van der Waals surface area (Å²) in [6.45, 7) is 1.84. The Morgan fingerprint density at radius 1 is 1.00 bits per heavy atom. The number of nitrogens with zero attached hydrogens (tertiary/aromatic N) is 3. The van der Waals surface area contributed by atoms with Crippen LogP contribution < -0.4 is 10.1 Å². The van der Waals surface area contributed by atoms with Gasteiger partial charge in [-0.1, -0.05) is 17.7 Å². The summed E-state index contributed by atoms with van der Waals surface area (Å²) >= 11 is 0. The maximum absolute atomic E-state index is 14.6. The number of aryl methyl sites for hydroxylation is 1. The second-order valence-corrected chi connectivity index (χ2v) is 10.4. The first-order chi connectivity index (χ1) is 18.6. The Balaban J connectivity index is 1.76. The molecule has 0 aliphatic heterocycles. The summed E-state index contributed by atoms with van der Waals surface area (Å²) in [5, 5.41) is 11.4. The lowest BCUT2D eigenvalue weighted by molar-refractivity contribution is 0.209. The number of methoxy groups -OCH3 is 1. The first-order valence-electron chi connectivity index (χ1n) is 11.4. The van der Waals surface area contributed by atoms with Crippen LogP contribution >= 0.6 is 0 Å². The molecule has 0 spiro atoms. The number of carbonyl (C=O) groups is 1. The van der Waals surface area contributed by atoms with E-state index in [2.05, 4.69) is 9.97 Å². The number of fused-ring (bicyclic) bond motifs is 1. The molecule has 0 fully saturated rings. The van der Waals surface area contributed by atoms with Crippen molar-refractivity contribution in [3.8, 4) is 28.0 Å². The molecule has 5 aromatic rings. The van der Waals surface area contributed by atoms with Gasteiger partial charge in [-0.2, -0.15) is 4.39 Å². The number of halogens is 2. The minimum atomic E-state index is -4.09. The quantitative estimate of drug-likeness (QED) is 0.261. The second kappa shape index (κ2) is 9.80. The highest BCUT2D eigenvalue weighted by molar-refractivity contribution is 7.90. The van der Waals surface area contributed by atoms with Crippen molar-refractivity contribution in [3.63, 3.8) is 0 Å². The molecule has 9 nitrogen and oxygen atoms in total. The molecular formula is C27H20F2N4O5S. The largest absolute Gasteiger partial charge is 0.494 e. The Labute approximate surface area is 221 Å². The van der Waals surface area contributed by atoms with Crippen LogP contribution in [0.25, 0.3) is 33.3 Å². The molecule has 0 radical (unpaired) electrons. The van der Waals surface area contributed by atoms with E-state index in [0.717, 1.165) is 9.54 Å². The molecular weight excluding hydrogens is 530 g/mol. The average Bonchev–Trinajstić information content (AvgIpc) is 3.30. The Kier molecular flexibility index (Phi) is 6.48. The molecule has 0 unspecified atom stereocenters. The molecule has 2 aromatic carbocycles. The SMILES string of the molecule is COc1cc(-c2cnc3c(c2)c(-c2ccnc(F)c2)cn3S(=O)(=O)c2ccc(C)cc2)cc(NC(=O)O)c1F. The van der Waals surface area contributed by atoms with E-state index in [1.807, 2.05) is 12.2 Å². The van der Waals surface area contributed by atoms with Crippen molar-refractivity contribution in [1.82, 2.24) is 13.9 Å². The average molecular weight is 551 g/mol. The Hall–Kier alpha value is -4.84. The fraction of sp³-hybridized carbons (Fsp3) is 0.0741. The van der Waals surface area contributed by atoms with Gasteiger partial charge in [0.15, 0.2) is 17.2 Å². The van der Waals surface area contributed by atoms with Crippen LogP contribution in [0.2, 0.25) is 0 Å². The summed E-state index contributed by atoms with van der Waals surface area (Å²) in [6, 6.07) is 13.2. The number of pyridine rings is 2. The van der Waals surface area contributed by atoms with Crippen molar-refractivity contribution < 1.29 is 31.8 Å². The molecule has 198 valence electrons. The molecule has 0 saturated carbocycles. The molecule has 0 bridgehead atoms. The third kappa shape index (κ3) is 4.77. The third-order valence-corrected chi connectivity index (χ3v) is 7.73. The van der Waals surface area contributed by atoms with Gasteiger partial charge in [-0.05, 0) is 54.4 Å². The van der Waals surface area contributed by atoms with E-state index in [4.69, 9.17) is 9.84 Å². The highest BCUT2D eigenvalue weighted by atomic mass is 32.2. The Bertz CT molecular complexity index is 1850. The fourth-order valence-electron chi connectivity index (χ4n) is 4.16. The van der Waals surface area contributed by atoms with Crippen LogP contribution in [0.3, 0.4) is 0 Å². The van der Waals surface area contributed by atoms with E-state index in [1.165, 1.54) is 62.1 Å². The Morgan fingerprint density at radius 3 is 2.41 bits per heavy atom. The molecule has 39 heavy (non-hydrogen) atoms. The molecule has 1 amide bonds. The minimum Gasteiger partial charge on any atom is -0.494 e. The van der Waals surface area contributed by atoms with Gasteiger partial charge in [0, 0.05) is 41.2 Å². The van der Waals surface area contributed by atoms with Gasteiger partial charge in [-0.25, -0.2) is 31.5 Å².